The quantitative estimate of drug-likeness (QED) is 0.420. The summed E-state index contributed by atoms with van der Waals surface area (Å²) in [7, 11) is -2.68. The van der Waals surface area contributed by atoms with Gasteiger partial charge in [-0.3, -0.25) is 25.2 Å². The Morgan fingerprint density at radius 3 is 2.16 bits per heavy atom. The molecule has 0 unspecified atom stereocenters. The third-order valence-corrected chi connectivity index (χ3v) is 6.73. The van der Waals surface area contributed by atoms with E-state index >= 15 is 0 Å². The molecule has 9 heteroatoms. The first-order valence-electron chi connectivity index (χ1n) is 9.80. The minimum atomic E-state index is -3.94. The molecule has 0 aliphatic rings. The van der Waals surface area contributed by atoms with E-state index in [-0.39, 0.29) is 17.1 Å². The second-order valence-corrected chi connectivity index (χ2v) is 9.30. The maximum atomic E-state index is 12.6. The maximum absolute atomic E-state index is 12.6. The summed E-state index contributed by atoms with van der Waals surface area (Å²) >= 11 is 0. The Labute approximate surface area is 186 Å². The number of rotatable bonds is 7. The van der Waals surface area contributed by atoms with Crippen LogP contribution >= 0.6 is 0 Å². The Morgan fingerprint density at radius 2 is 1.47 bits per heavy atom. The van der Waals surface area contributed by atoms with E-state index in [2.05, 4.69) is 10.9 Å². The van der Waals surface area contributed by atoms with Gasteiger partial charge < -0.3 is 0 Å². The first kappa shape index (κ1) is 23.1. The summed E-state index contributed by atoms with van der Waals surface area (Å²) in [5.74, 6) is -1.30. The average molecular weight is 454 g/mol. The number of nitrogens with one attached hydrogen (secondary N) is 2. The largest absolute Gasteiger partial charge is 0.295 e. The minimum absolute atomic E-state index is 0.0437. The summed E-state index contributed by atoms with van der Waals surface area (Å²) in [6.45, 7) is 0.889. The smallest absolute Gasteiger partial charge is 0.253 e. The van der Waals surface area contributed by atoms with Crippen LogP contribution in [0.15, 0.2) is 71.6 Å². The van der Waals surface area contributed by atoms with Crippen LogP contribution in [-0.4, -0.2) is 43.9 Å². The summed E-state index contributed by atoms with van der Waals surface area (Å²) < 4.78 is 26.1. The number of sulfonamides is 1. The zero-order valence-corrected chi connectivity index (χ0v) is 18.5. The summed E-state index contributed by atoms with van der Waals surface area (Å²) in [6.07, 6.45) is 0.0538. The van der Waals surface area contributed by atoms with Crippen molar-refractivity contribution in [1.82, 2.24) is 15.2 Å². The van der Waals surface area contributed by atoms with Crippen LogP contribution in [-0.2, 0) is 26.0 Å². The van der Waals surface area contributed by atoms with Gasteiger partial charge in [0, 0.05) is 12.6 Å². The third kappa shape index (κ3) is 5.37. The van der Waals surface area contributed by atoms with Crippen molar-refractivity contribution in [2.45, 2.75) is 18.2 Å². The molecule has 0 saturated carbocycles. The van der Waals surface area contributed by atoms with Crippen LogP contribution in [0.1, 0.15) is 22.8 Å². The minimum Gasteiger partial charge on any atom is -0.295 e. The molecule has 8 nitrogen and oxygen atoms in total. The van der Waals surface area contributed by atoms with Gasteiger partial charge in [-0.1, -0.05) is 54.6 Å². The number of nitrogens with zero attached hydrogens (tertiary/aromatic N) is 1. The number of Topliss-reactive ketones (excluding diaryl/α,β-unsaturated/α-hetero) is 1. The van der Waals surface area contributed by atoms with E-state index in [4.69, 9.17) is 0 Å². The van der Waals surface area contributed by atoms with Crippen molar-refractivity contribution < 1.29 is 22.8 Å². The van der Waals surface area contributed by atoms with Crippen LogP contribution in [0.3, 0.4) is 0 Å². The van der Waals surface area contributed by atoms with E-state index < -0.39 is 28.4 Å². The Kier molecular flexibility index (Phi) is 7.01. The van der Waals surface area contributed by atoms with Crippen molar-refractivity contribution in [1.29, 1.82) is 0 Å². The number of amides is 2. The number of fused-ring (bicyclic) bond motifs is 1. The van der Waals surface area contributed by atoms with Crippen LogP contribution in [0, 0.1) is 0 Å². The highest BCUT2D eigenvalue weighted by atomic mass is 32.2. The molecule has 0 atom stereocenters. The Morgan fingerprint density at radius 1 is 0.844 bits per heavy atom. The van der Waals surface area contributed by atoms with Crippen LogP contribution in [0.25, 0.3) is 10.8 Å². The molecule has 0 aliphatic carbocycles. The Bertz CT molecular complexity index is 1270. The molecule has 0 radical (unpaired) electrons. The standard InChI is InChI=1S/C23H23N3O5S/c1-16(27)17-10-12-20(13-11-17)32(30,31)26(2)15-23(29)25-24-22(28)14-19-8-5-7-18-6-3-4-9-21(18)19/h3-13H,14-15H2,1-2H3,(H,24,28)(H,25,29). The molecule has 3 aromatic rings. The van der Waals surface area contributed by atoms with E-state index in [0.717, 1.165) is 20.6 Å². The van der Waals surface area contributed by atoms with Gasteiger partial charge in [0.25, 0.3) is 5.91 Å². The maximum Gasteiger partial charge on any atom is 0.253 e. The van der Waals surface area contributed by atoms with Crippen LogP contribution < -0.4 is 10.9 Å². The van der Waals surface area contributed by atoms with Gasteiger partial charge in [-0.2, -0.15) is 4.31 Å². The number of benzene rings is 3. The fraction of sp³-hybridized carbons (Fsp3) is 0.174. The van der Waals surface area contributed by atoms with E-state index in [1.165, 1.54) is 38.2 Å². The van der Waals surface area contributed by atoms with Crippen molar-refractivity contribution >= 4 is 38.4 Å². The van der Waals surface area contributed by atoms with Gasteiger partial charge in [-0.25, -0.2) is 8.42 Å². The number of carbonyl (C=O) groups is 3. The first-order valence-corrected chi connectivity index (χ1v) is 11.2. The number of likely N-dealkylation sites (N-methyl/N-ethyl adjacent to an activating group) is 1. The van der Waals surface area contributed by atoms with Gasteiger partial charge in [0.1, 0.15) is 0 Å². The van der Waals surface area contributed by atoms with E-state index in [1.54, 1.807) is 0 Å². The molecule has 3 aromatic carbocycles. The fourth-order valence-corrected chi connectivity index (χ4v) is 4.30. The highest BCUT2D eigenvalue weighted by Crippen LogP contribution is 2.19. The lowest BCUT2D eigenvalue weighted by Gasteiger charge is -2.17. The third-order valence-electron chi connectivity index (χ3n) is 4.91. The summed E-state index contributed by atoms with van der Waals surface area (Å²) in [4.78, 5) is 35.7. The Balaban J connectivity index is 1.56. The van der Waals surface area contributed by atoms with Crippen molar-refractivity contribution in [3.63, 3.8) is 0 Å². The predicted octanol–water partition coefficient (Wildman–Crippen LogP) is 2.05. The lowest BCUT2D eigenvalue weighted by Crippen LogP contribution is -2.47. The van der Waals surface area contributed by atoms with Crippen molar-refractivity contribution in [2.24, 2.45) is 0 Å². The molecule has 0 bridgehead atoms. The van der Waals surface area contributed by atoms with Gasteiger partial charge in [-0.15, -0.1) is 0 Å². The van der Waals surface area contributed by atoms with E-state index in [9.17, 15) is 22.8 Å². The molecule has 0 aromatic heterocycles. The van der Waals surface area contributed by atoms with Crippen molar-refractivity contribution in [3.8, 4) is 0 Å². The second-order valence-electron chi connectivity index (χ2n) is 7.25. The van der Waals surface area contributed by atoms with E-state index in [1.807, 2.05) is 42.5 Å². The molecule has 2 amide bonds. The predicted molar refractivity (Wildman–Crippen MR) is 120 cm³/mol. The average Bonchev–Trinajstić information content (AvgIpc) is 2.78. The lowest BCUT2D eigenvalue weighted by atomic mass is 10.0. The molecule has 2 N–H and O–H groups in total. The topological polar surface area (TPSA) is 113 Å². The molecule has 166 valence electrons. The van der Waals surface area contributed by atoms with Crippen molar-refractivity contribution in [2.75, 3.05) is 13.6 Å². The monoisotopic (exact) mass is 453 g/mol. The second kappa shape index (κ2) is 9.71. The highest BCUT2D eigenvalue weighted by Gasteiger charge is 2.23. The van der Waals surface area contributed by atoms with Crippen LogP contribution in [0.2, 0.25) is 0 Å². The lowest BCUT2D eigenvalue weighted by molar-refractivity contribution is -0.128. The van der Waals surface area contributed by atoms with Gasteiger partial charge in [0.05, 0.1) is 17.9 Å². The van der Waals surface area contributed by atoms with E-state index in [0.29, 0.717) is 5.56 Å². The molecule has 3 rings (SSSR count). The van der Waals surface area contributed by atoms with Gasteiger partial charge in [-0.05, 0) is 35.4 Å². The van der Waals surface area contributed by atoms with Gasteiger partial charge in [0.15, 0.2) is 5.78 Å². The molecular weight excluding hydrogens is 430 g/mol. The molecular formula is C23H23N3O5S. The molecule has 32 heavy (non-hydrogen) atoms. The molecule has 0 heterocycles. The first-order chi connectivity index (χ1) is 15.2. The summed E-state index contributed by atoms with van der Waals surface area (Å²) in [6, 6.07) is 18.7. The van der Waals surface area contributed by atoms with Crippen molar-refractivity contribution in [3.05, 3.63) is 77.9 Å². The fourth-order valence-electron chi connectivity index (χ4n) is 3.17. The highest BCUT2D eigenvalue weighted by molar-refractivity contribution is 7.89. The molecule has 0 spiro atoms. The van der Waals surface area contributed by atoms with Crippen LogP contribution in [0.5, 0.6) is 0 Å². The Hall–Kier alpha value is -3.56. The summed E-state index contributed by atoms with van der Waals surface area (Å²) in [5.41, 5.74) is 5.75. The van der Waals surface area contributed by atoms with Crippen LogP contribution in [0.4, 0.5) is 0 Å². The number of hydrogen-bond acceptors (Lipinski definition) is 5. The molecule has 0 saturated heterocycles. The van der Waals surface area contributed by atoms with Gasteiger partial charge >= 0.3 is 0 Å². The number of ketones is 1. The zero-order chi connectivity index (χ0) is 23.3. The summed E-state index contributed by atoms with van der Waals surface area (Å²) in [5, 5.41) is 1.95. The number of carbonyl (C=O) groups excluding carboxylic acids is 3. The number of hydrazine groups is 1. The normalized spacial score (nSPS) is 11.3. The number of hydrogen-bond donors (Lipinski definition) is 2. The van der Waals surface area contributed by atoms with Gasteiger partial charge in [0.2, 0.25) is 15.9 Å². The zero-order valence-electron chi connectivity index (χ0n) is 17.7. The molecule has 0 fully saturated rings. The SMILES string of the molecule is CC(=O)c1ccc(S(=O)(=O)N(C)CC(=O)NNC(=O)Cc2cccc3ccccc23)cc1. The molecule has 0 aliphatic heterocycles.